The predicted octanol–water partition coefficient (Wildman–Crippen LogP) is 1.48. The molecule has 3 heterocycles. The van der Waals surface area contributed by atoms with E-state index < -0.39 is 10.2 Å². The van der Waals surface area contributed by atoms with Crippen molar-refractivity contribution in [3.63, 3.8) is 0 Å². The number of rotatable bonds is 3. The molecule has 2 aliphatic rings. The molecule has 0 bridgehead atoms. The zero-order valence-electron chi connectivity index (χ0n) is 15.8. The lowest BCUT2D eigenvalue weighted by Crippen LogP contribution is -2.57. The van der Waals surface area contributed by atoms with Gasteiger partial charge in [-0.15, -0.1) is 11.3 Å². The molecule has 2 atom stereocenters. The van der Waals surface area contributed by atoms with Crippen molar-refractivity contribution >= 4 is 27.5 Å². The van der Waals surface area contributed by atoms with E-state index in [1.807, 2.05) is 33.8 Å². The van der Waals surface area contributed by atoms with Crippen LogP contribution in [0.2, 0.25) is 0 Å². The Bertz CT molecular complexity index is 739. The van der Waals surface area contributed by atoms with Gasteiger partial charge in [-0.25, -0.2) is 0 Å². The van der Waals surface area contributed by atoms with Crippen LogP contribution >= 0.6 is 11.3 Å². The zero-order valence-corrected chi connectivity index (χ0v) is 17.4. The van der Waals surface area contributed by atoms with Crippen molar-refractivity contribution in [2.75, 3.05) is 39.3 Å². The average Bonchev–Trinajstić information content (AvgIpc) is 2.92. The lowest BCUT2D eigenvalue weighted by Gasteiger charge is -2.40. The fourth-order valence-corrected chi connectivity index (χ4v) is 6.19. The molecule has 3 rings (SSSR count). The first-order valence-electron chi connectivity index (χ1n) is 8.95. The lowest BCUT2D eigenvalue weighted by molar-refractivity contribution is -0.0457. The van der Waals surface area contributed by atoms with Crippen molar-refractivity contribution in [1.82, 2.24) is 13.5 Å². The molecule has 1 aromatic rings. The average molecular weight is 402 g/mol. The third-order valence-electron chi connectivity index (χ3n) is 4.94. The minimum Gasteiger partial charge on any atom is -0.373 e. The molecule has 26 heavy (non-hydrogen) atoms. The maximum Gasteiger partial charge on any atom is 0.282 e. The molecule has 2 fully saturated rings. The summed E-state index contributed by atoms with van der Waals surface area (Å²) in [5, 5.41) is 0. The maximum absolute atomic E-state index is 12.9. The zero-order chi connectivity index (χ0) is 19.1. The Kier molecular flexibility index (Phi) is 5.74. The van der Waals surface area contributed by atoms with E-state index in [1.165, 1.54) is 19.9 Å². The normalized spacial score (nSPS) is 26.2. The van der Waals surface area contributed by atoms with E-state index in [-0.39, 0.29) is 18.1 Å². The summed E-state index contributed by atoms with van der Waals surface area (Å²) in [6.45, 7) is 10.0. The standard InChI is InChI=1S/C17H27N3O4S2/c1-12-9-16(25-15(12)4)17(21)18-5-7-19(8-6-18)26(22,23)20-10-13(2)24-14(3)11-20/h9,13-14H,5-8,10-11H2,1-4H3. The Morgan fingerprint density at radius 1 is 1.08 bits per heavy atom. The number of thiophene rings is 1. The number of nitrogens with zero attached hydrogens (tertiary/aromatic N) is 3. The van der Waals surface area contributed by atoms with Crippen LogP contribution in [0.4, 0.5) is 0 Å². The van der Waals surface area contributed by atoms with Gasteiger partial charge < -0.3 is 9.64 Å². The first kappa shape index (κ1) is 19.8. The molecule has 0 radical (unpaired) electrons. The van der Waals surface area contributed by atoms with Gasteiger partial charge in [-0.2, -0.15) is 17.0 Å². The topological polar surface area (TPSA) is 70.2 Å². The second-order valence-corrected chi connectivity index (χ2v) is 10.3. The van der Waals surface area contributed by atoms with Crippen LogP contribution in [0.3, 0.4) is 0 Å². The van der Waals surface area contributed by atoms with Crippen molar-refractivity contribution in [3.05, 3.63) is 21.4 Å². The number of carbonyl (C=O) groups excluding carboxylic acids is 1. The van der Waals surface area contributed by atoms with E-state index in [0.29, 0.717) is 39.3 Å². The van der Waals surface area contributed by atoms with Crippen LogP contribution in [0.1, 0.15) is 34.0 Å². The first-order valence-corrected chi connectivity index (χ1v) is 11.2. The summed E-state index contributed by atoms with van der Waals surface area (Å²) in [5.74, 6) is -0.00290. The molecule has 0 aromatic carbocycles. The summed E-state index contributed by atoms with van der Waals surface area (Å²) < 4.78 is 34.5. The van der Waals surface area contributed by atoms with Crippen LogP contribution in [0, 0.1) is 13.8 Å². The molecular weight excluding hydrogens is 374 g/mol. The number of morpholine rings is 1. The molecule has 0 saturated carbocycles. The van der Waals surface area contributed by atoms with Crippen molar-refractivity contribution in [3.8, 4) is 0 Å². The van der Waals surface area contributed by atoms with Crippen molar-refractivity contribution < 1.29 is 17.9 Å². The van der Waals surface area contributed by atoms with Crippen molar-refractivity contribution in [2.24, 2.45) is 0 Å². The Morgan fingerprint density at radius 2 is 1.65 bits per heavy atom. The summed E-state index contributed by atoms with van der Waals surface area (Å²) in [6.07, 6.45) is -0.219. The summed E-state index contributed by atoms with van der Waals surface area (Å²) in [7, 11) is -3.52. The van der Waals surface area contributed by atoms with Gasteiger partial charge >= 0.3 is 0 Å². The molecule has 1 aromatic heterocycles. The molecule has 0 aliphatic carbocycles. The Hall–Kier alpha value is -1.00. The highest BCUT2D eigenvalue weighted by atomic mass is 32.2. The second kappa shape index (κ2) is 7.55. The van der Waals surface area contributed by atoms with Crippen LogP contribution in [-0.4, -0.2) is 79.3 Å². The van der Waals surface area contributed by atoms with Gasteiger partial charge in [0.15, 0.2) is 0 Å². The van der Waals surface area contributed by atoms with Crippen molar-refractivity contribution in [2.45, 2.75) is 39.9 Å². The monoisotopic (exact) mass is 401 g/mol. The molecule has 2 unspecified atom stereocenters. The highest BCUT2D eigenvalue weighted by Gasteiger charge is 2.37. The fraction of sp³-hybridized carbons (Fsp3) is 0.706. The summed E-state index contributed by atoms with van der Waals surface area (Å²) >= 11 is 1.50. The molecule has 9 heteroatoms. The third kappa shape index (κ3) is 3.96. The Labute approximate surface area is 159 Å². The van der Waals surface area contributed by atoms with E-state index in [0.717, 1.165) is 15.3 Å². The van der Waals surface area contributed by atoms with Crippen LogP contribution in [0.5, 0.6) is 0 Å². The minimum absolute atomic E-state index is 0.00290. The SMILES string of the molecule is Cc1cc(C(=O)N2CCN(S(=O)(=O)N3CC(C)OC(C)C3)CC2)sc1C. The van der Waals surface area contributed by atoms with Gasteiger partial charge in [-0.1, -0.05) is 0 Å². The summed E-state index contributed by atoms with van der Waals surface area (Å²) in [5.41, 5.74) is 1.12. The third-order valence-corrected chi connectivity index (χ3v) is 8.05. The van der Waals surface area contributed by atoms with Gasteiger partial charge in [-0.05, 0) is 39.3 Å². The second-order valence-electron chi connectivity index (χ2n) is 7.12. The highest BCUT2D eigenvalue weighted by molar-refractivity contribution is 7.86. The number of aryl methyl sites for hydroxylation is 2. The summed E-state index contributed by atoms with van der Waals surface area (Å²) in [4.78, 5) is 16.3. The number of hydrogen-bond acceptors (Lipinski definition) is 5. The highest BCUT2D eigenvalue weighted by Crippen LogP contribution is 2.24. The van der Waals surface area contributed by atoms with Gasteiger partial charge in [-0.3, -0.25) is 4.79 Å². The van der Waals surface area contributed by atoms with Gasteiger partial charge in [0, 0.05) is 44.1 Å². The molecule has 7 nitrogen and oxygen atoms in total. The van der Waals surface area contributed by atoms with E-state index in [1.54, 1.807) is 4.90 Å². The van der Waals surface area contributed by atoms with Crippen LogP contribution in [-0.2, 0) is 14.9 Å². The molecule has 0 spiro atoms. The van der Waals surface area contributed by atoms with E-state index in [2.05, 4.69) is 0 Å². The summed E-state index contributed by atoms with van der Waals surface area (Å²) in [6, 6.07) is 1.92. The smallest absolute Gasteiger partial charge is 0.282 e. The van der Waals surface area contributed by atoms with E-state index >= 15 is 0 Å². The van der Waals surface area contributed by atoms with Gasteiger partial charge in [0.1, 0.15) is 0 Å². The molecule has 146 valence electrons. The fourth-order valence-electron chi connectivity index (χ4n) is 3.44. The number of ether oxygens (including phenoxy) is 1. The van der Waals surface area contributed by atoms with Crippen LogP contribution in [0.25, 0.3) is 0 Å². The molecule has 2 aliphatic heterocycles. The van der Waals surface area contributed by atoms with Crippen molar-refractivity contribution in [1.29, 1.82) is 0 Å². The lowest BCUT2D eigenvalue weighted by atomic mass is 10.2. The number of amides is 1. The largest absolute Gasteiger partial charge is 0.373 e. The Morgan fingerprint density at radius 3 is 2.15 bits per heavy atom. The first-order chi connectivity index (χ1) is 12.2. The van der Waals surface area contributed by atoms with Gasteiger partial charge in [0.25, 0.3) is 16.1 Å². The number of carbonyl (C=O) groups is 1. The van der Waals surface area contributed by atoms with Crippen LogP contribution < -0.4 is 0 Å². The quantitative estimate of drug-likeness (QED) is 0.769. The molecule has 1 amide bonds. The molecule has 0 N–H and O–H groups in total. The molecular formula is C17H27N3O4S2. The minimum atomic E-state index is -3.52. The van der Waals surface area contributed by atoms with Gasteiger partial charge in [0.2, 0.25) is 0 Å². The molecule has 2 saturated heterocycles. The predicted molar refractivity (Wildman–Crippen MR) is 102 cm³/mol. The number of hydrogen-bond donors (Lipinski definition) is 0. The van der Waals surface area contributed by atoms with E-state index in [4.69, 9.17) is 4.74 Å². The maximum atomic E-state index is 12.9. The Balaban J connectivity index is 1.63. The van der Waals surface area contributed by atoms with E-state index in [9.17, 15) is 13.2 Å². The number of piperazine rings is 1. The van der Waals surface area contributed by atoms with Gasteiger partial charge in [0.05, 0.1) is 17.1 Å². The van der Waals surface area contributed by atoms with Crippen LogP contribution in [0.15, 0.2) is 6.07 Å².